The van der Waals surface area contributed by atoms with Crippen molar-refractivity contribution in [1.29, 1.82) is 5.41 Å². The summed E-state index contributed by atoms with van der Waals surface area (Å²) in [5.41, 5.74) is 6.56. The first kappa shape index (κ1) is 15.4. The van der Waals surface area contributed by atoms with Crippen molar-refractivity contribution >= 4 is 23.1 Å². The van der Waals surface area contributed by atoms with Crippen LogP contribution in [0.4, 0.5) is 15.9 Å². The highest BCUT2D eigenvalue weighted by Crippen LogP contribution is 2.18. The number of rotatable bonds is 4. The first-order valence-corrected chi connectivity index (χ1v) is 7.01. The fourth-order valence-corrected chi connectivity index (χ4v) is 2.11. The Hall–Kier alpha value is -3.48. The van der Waals surface area contributed by atoms with Crippen LogP contribution in [0.1, 0.15) is 21.8 Å². The van der Waals surface area contributed by atoms with E-state index in [1.54, 1.807) is 12.1 Å². The Bertz CT molecular complexity index is 907. The van der Waals surface area contributed by atoms with Crippen molar-refractivity contribution in [2.24, 2.45) is 0 Å². The maximum atomic E-state index is 13.3. The van der Waals surface area contributed by atoms with E-state index in [2.05, 4.69) is 10.3 Å². The van der Waals surface area contributed by atoms with E-state index in [9.17, 15) is 9.18 Å². The summed E-state index contributed by atoms with van der Waals surface area (Å²) in [5, 5.41) is 10.7. The van der Waals surface area contributed by atoms with Gasteiger partial charge in [-0.15, -0.1) is 0 Å². The first-order valence-electron chi connectivity index (χ1n) is 7.01. The maximum absolute atomic E-state index is 13.3. The number of hydrogen-bond donors (Lipinski definition) is 3. The highest BCUT2D eigenvalue weighted by molar-refractivity contribution is 6.13. The summed E-state index contributed by atoms with van der Waals surface area (Å²) in [7, 11) is 0. The van der Waals surface area contributed by atoms with E-state index in [1.165, 1.54) is 42.7 Å². The molecule has 0 saturated carbocycles. The fourth-order valence-electron chi connectivity index (χ4n) is 2.11. The summed E-state index contributed by atoms with van der Waals surface area (Å²) in [5.74, 6) is -0.587. The van der Waals surface area contributed by atoms with Crippen LogP contribution in [0.15, 0.2) is 59.2 Å². The van der Waals surface area contributed by atoms with Crippen LogP contribution in [0.25, 0.3) is 0 Å². The Kier molecular flexibility index (Phi) is 4.07. The number of halogens is 1. The Balaban J connectivity index is 1.89. The number of nitrogen functional groups attached to an aromatic ring is 1. The Morgan fingerprint density at radius 3 is 2.75 bits per heavy atom. The van der Waals surface area contributed by atoms with Gasteiger partial charge in [-0.1, -0.05) is 12.1 Å². The lowest BCUT2D eigenvalue weighted by molar-refractivity contribution is 0.0996. The molecule has 120 valence electrons. The molecule has 3 aromatic rings. The normalized spacial score (nSPS) is 10.4. The smallest absolute Gasteiger partial charge is 0.292 e. The molecule has 2 heterocycles. The summed E-state index contributed by atoms with van der Waals surface area (Å²) in [4.78, 5) is 16.2. The molecular weight excluding hydrogens is 311 g/mol. The molecule has 3 rings (SSSR count). The van der Waals surface area contributed by atoms with Crippen LogP contribution >= 0.6 is 0 Å². The minimum absolute atomic E-state index is 0.0407. The standard InChI is InChI=1S/C17H13FN4O2/c18-11-4-1-3-10(9-11)15(20)16-12(19)6-7-14(21-16)22-17(23)13-5-2-8-24-13/h1-9,20H,19H2,(H,21,22,23). The van der Waals surface area contributed by atoms with Gasteiger partial charge >= 0.3 is 0 Å². The molecule has 0 unspecified atom stereocenters. The third kappa shape index (κ3) is 3.14. The third-order valence-corrected chi connectivity index (χ3v) is 3.26. The number of nitrogens with one attached hydrogen (secondary N) is 2. The van der Waals surface area contributed by atoms with Crippen LogP contribution in [-0.2, 0) is 0 Å². The number of furan rings is 1. The van der Waals surface area contributed by atoms with Gasteiger partial charge < -0.3 is 15.5 Å². The van der Waals surface area contributed by atoms with Gasteiger partial charge in [-0.05, 0) is 36.4 Å². The number of aromatic nitrogens is 1. The Morgan fingerprint density at radius 1 is 1.21 bits per heavy atom. The lowest BCUT2D eigenvalue weighted by atomic mass is 10.1. The summed E-state index contributed by atoms with van der Waals surface area (Å²) in [6, 6.07) is 11.7. The number of anilines is 2. The molecule has 7 heteroatoms. The zero-order valence-electron chi connectivity index (χ0n) is 12.4. The number of pyridine rings is 1. The van der Waals surface area contributed by atoms with Crippen LogP contribution in [0.2, 0.25) is 0 Å². The lowest BCUT2D eigenvalue weighted by Gasteiger charge is -2.10. The Morgan fingerprint density at radius 2 is 2.04 bits per heavy atom. The number of hydrogen-bond acceptors (Lipinski definition) is 5. The van der Waals surface area contributed by atoms with E-state index in [4.69, 9.17) is 15.6 Å². The van der Waals surface area contributed by atoms with Gasteiger partial charge in [0.2, 0.25) is 0 Å². The number of benzene rings is 1. The van der Waals surface area contributed by atoms with Gasteiger partial charge in [0.15, 0.2) is 5.76 Å². The van der Waals surface area contributed by atoms with E-state index in [1.807, 2.05) is 0 Å². The minimum Gasteiger partial charge on any atom is -0.459 e. The molecule has 4 N–H and O–H groups in total. The molecule has 0 aliphatic carbocycles. The SMILES string of the molecule is N=C(c1cccc(F)c1)c1nc(NC(=O)c2ccco2)ccc1N. The lowest BCUT2D eigenvalue weighted by Crippen LogP contribution is -2.15. The second-order valence-corrected chi connectivity index (χ2v) is 4.95. The molecule has 0 spiro atoms. The predicted octanol–water partition coefficient (Wildman–Crippen LogP) is 3.06. The van der Waals surface area contributed by atoms with Crippen LogP contribution in [0.3, 0.4) is 0 Å². The topological polar surface area (TPSA) is 105 Å². The monoisotopic (exact) mass is 324 g/mol. The van der Waals surface area contributed by atoms with Crippen molar-refractivity contribution in [3.05, 3.63) is 77.6 Å². The fraction of sp³-hybridized carbons (Fsp3) is 0. The summed E-state index contributed by atoms with van der Waals surface area (Å²) in [6.45, 7) is 0. The average molecular weight is 324 g/mol. The summed E-state index contributed by atoms with van der Waals surface area (Å²) < 4.78 is 18.3. The molecule has 0 aliphatic heterocycles. The number of carbonyl (C=O) groups excluding carboxylic acids is 1. The molecule has 1 aromatic carbocycles. The molecule has 0 saturated heterocycles. The van der Waals surface area contributed by atoms with E-state index in [-0.39, 0.29) is 28.7 Å². The van der Waals surface area contributed by atoms with Gasteiger partial charge in [-0.3, -0.25) is 10.2 Å². The molecule has 0 atom stereocenters. The van der Waals surface area contributed by atoms with Crippen molar-refractivity contribution in [1.82, 2.24) is 4.98 Å². The van der Waals surface area contributed by atoms with Gasteiger partial charge in [0.25, 0.3) is 5.91 Å². The maximum Gasteiger partial charge on any atom is 0.292 e. The molecule has 0 bridgehead atoms. The van der Waals surface area contributed by atoms with Gasteiger partial charge in [0, 0.05) is 5.56 Å². The number of carbonyl (C=O) groups is 1. The minimum atomic E-state index is -0.472. The number of nitrogens with zero attached hydrogens (tertiary/aromatic N) is 1. The molecule has 1 amide bonds. The largest absolute Gasteiger partial charge is 0.459 e. The molecule has 0 radical (unpaired) electrons. The first-order chi connectivity index (χ1) is 11.5. The van der Waals surface area contributed by atoms with Gasteiger partial charge in [0.05, 0.1) is 17.7 Å². The second kappa shape index (κ2) is 6.33. The van der Waals surface area contributed by atoms with Crippen molar-refractivity contribution in [3.63, 3.8) is 0 Å². The predicted molar refractivity (Wildman–Crippen MR) is 87.6 cm³/mol. The van der Waals surface area contributed by atoms with Gasteiger partial charge in [-0.2, -0.15) is 0 Å². The van der Waals surface area contributed by atoms with Crippen LogP contribution < -0.4 is 11.1 Å². The number of nitrogens with two attached hydrogens (primary N) is 1. The number of amides is 1. The molecular formula is C17H13FN4O2. The zero-order valence-corrected chi connectivity index (χ0v) is 12.4. The highest BCUT2D eigenvalue weighted by Gasteiger charge is 2.14. The average Bonchev–Trinajstić information content (AvgIpc) is 3.10. The molecule has 0 aliphatic rings. The second-order valence-electron chi connectivity index (χ2n) is 4.95. The van der Waals surface area contributed by atoms with E-state index >= 15 is 0 Å². The zero-order chi connectivity index (χ0) is 17.1. The van der Waals surface area contributed by atoms with E-state index in [0.29, 0.717) is 5.56 Å². The molecule has 6 nitrogen and oxygen atoms in total. The van der Waals surface area contributed by atoms with Gasteiger partial charge in [-0.25, -0.2) is 9.37 Å². The van der Waals surface area contributed by atoms with Crippen molar-refractivity contribution < 1.29 is 13.6 Å². The third-order valence-electron chi connectivity index (χ3n) is 3.26. The van der Waals surface area contributed by atoms with Crippen LogP contribution in [0.5, 0.6) is 0 Å². The van der Waals surface area contributed by atoms with E-state index in [0.717, 1.165) is 0 Å². The molecule has 2 aromatic heterocycles. The summed E-state index contributed by atoms with van der Waals surface area (Å²) >= 11 is 0. The van der Waals surface area contributed by atoms with Gasteiger partial charge in [0.1, 0.15) is 17.3 Å². The quantitative estimate of drug-likeness (QED) is 0.641. The Labute approximate surface area is 136 Å². The van der Waals surface area contributed by atoms with Crippen LogP contribution in [-0.4, -0.2) is 16.6 Å². The highest BCUT2D eigenvalue weighted by atomic mass is 19.1. The molecule has 24 heavy (non-hydrogen) atoms. The van der Waals surface area contributed by atoms with E-state index < -0.39 is 11.7 Å². The van der Waals surface area contributed by atoms with Crippen molar-refractivity contribution in [2.45, 2.75) is 0 Å². The van der Waals surface area contributed by atoms with Crippen molar-refractivity contribution in [3.8, 4) is 0 Å². The van der Waals surface area contributed by atoms with Crippen LogP contribution in [0, 0.1) is 11.2 Å². The van der Waals surface area contributed by atoms with Crippen molar-refractivity contribution in [2.75, 3.05) is 11.1 Å². The molecule has 0 fully saturated rings. The summed E-state index contributed by atoms with van der Waals surface area (Å²) in [6.07, 6.45) is 1.39.